The number of amides is 1. The van der Waals surface area contributed by atoms with E-state index >= 15 is 0 Å². The Morgan fingerprint density at radius 3 is 2.73 bits per heavy atom. The lowest BCUT2D eigenvalue weighted by atomic mass is 10.4. The summed E-state index contributed by atoms with van der Waals surface area (Å²) in [6.07, 6.45) is 0. The molecule has 3 nitrogen and oxygen atoms in total. The normalized spacial score (nSPS) is 12.0. The first-order valence-corrected chi connectivity index (χ1v) is 9.38. The van der Waals surface area contributed by atoms with Crippen LogP contribution in [0.3, 0.4) is 0 Å². The number of anilines is 1. The highest BCUT2D eigenvalue weighted by atomic mass is 32.2. The first-order valence-electron chi connectivity index (χ1n) is 6.74. The van der Waals surface area contributed by atoms with Gasteiger partial charge in [0.05, 0.1) is 15.8 Å². The molecule has 0 bridgehead atoms. The van der Waals surface area contributed by atoms with Gasteiger partial charge in [0.25, 0.3) is 0 Å². The average Bonchev–Trinajstić information content (AvgIpc) is 3.19. The lowest BCUT2D eigenvalue weighted by Crippen LogP contribution is -2.22. The highest BCUT2D eigenvalue weighted by Crippen LogP contribution is 2.29. The fourth-order valence-corrected chi connectivity index (χ4v) is 4.20. The van der Waals surface area contributed by atoms with Crippen molar-refractivity contribution >= 4 is 45.5 Å². The maximum atomic E-state index is 12.2. The smallest absolute Gasteiger partial charge is 0.239 e. The van der Waals surface area contributed by atoms with E-state index in [1.165, 1.54) is 11.3 Å². The summed E-state index contributed by atoms with van der Waals surface area (Å²) in [7, 11) is 0. The van der Waals surface area contributed by atoms with E-state index in [0.29, 0.717) is 5.13 Å². The zero-order chi connectivity index (χ0) is 15.4. The number of hydrogen-bond donors (Lipinski definition) is 1. The summed E-state index contributed by atoms with van der Waals surface area (Å²) in [6, 6.07) is 14.0. The van der Waals surface area contributed by atoms with Gasteiger partial charge in [0.15, 0.2) is 5.13 Å². The van der Waals surface area contributed by atoms with Crippen molar-refractivity contribution in [3.8, 4) is 10.6 Å². The van der Waals surface area contributed by atoms with Gasteiger partial charge in [0.1, 0.15) is 0 Å². The van der Waals surface area contributed by atoms with Gasteiger partial charge in [-0.25, -0.2) is 4.98 Å². The maximum absolute atomic E-state index is 12.2. The summed E-state index contributed by atoms with van der Waals surface area (Å²) < 4.78 is 0. The number of hydrogen-bond acceptors (Lipinski definition) is 5. The molecule has 2 aromatic heterocycles. The minimum absolute atomic E-state index is 0.0269. The molecule has 0 saturated heterocycles. The number of thioether (sulfide) groups is 1. The second kappa shape index (κ2) is 7.09. The second-order valence-electron chi connectivity index (χ2n) is 4.58. The third-order valence-corrected chi connectivity index (χ3v) is 5.70. The predicted octanol–water partition coefficient (Wildman–Crippen LogP) is 4.99. The standard InChI is InChI=1S/C16H14N2OS3/c1-11(22-12-6-3-2-4-7-12)15(19)18-16-17-13(10-21-16)14-8-5-9-20-14/h2-11H,1H3,(H,17,18,19). The van der Waals surface area contributed by atoms with Crippen LogP contribution in [0.5, 0.6) is 0 Å². The van der Waals surface area contributed by atoms with E-state index in [-0.39, 0.29) is 11.2 Å². The predicted molar refractivity (Wildman–Crippen MR) is 95.8 cm³/mol. The van der Waals surface area contributed by atoms with Crippen molar-refractivity contribution in [2.45, 2.75) is 17.1 Å². The number of benzene rings is 1. The molecule has 0 saturated carbocycles. The SMILES string of the molecule is CC(Sc1ccccc1)C(=O)Nc1nc(-c2cccs2)cs1. The van der Waals surface area contributed by atoms with Gasteiger partial charge in [-0.1, -0.05) is 24.3 Å². The highest BCUT2D eigenvalue weighted by molar-refractivity contribution is 8.00. The van der Waals surface area contributed by atoms with Crippen molar-refractivity contribution in [1.82, 2.24) is 4.98 Å². The number of carbonyl (C=O) groups excluding carboxylic acids is 1. The highest BCUT2D eigenvalue weighted by Gasteiger charge is 2.16. The summed E-state index contributed by atoms with van der Waals surface area (Å²) in [6.45, 7) is 1.90. The summed E-state index contributed by atoms with van der Waals surface area (Å²) in [4.78, 5) is 18.9. The Morgan fingerprint density at radius 1 is 1.18 bits per heavy atom. The summed E-state index contributed by atoms with van der Waals surface area (Å²) in [5.74, 6) is -0.0269. The number of carbonyl (C=O) groups is 1. The lowest BCUT2D eigenvalue weighted by molar-refractivity contribution is -0.115. The van der Waals surface area contributed by atoms with Crippen LogP contribution < -0.4 is 5.32 Å². The molecule has 0 aliphatic carbocycles. The van der Waals surface area contributed by atoms with Gasteiger partial charge in [-0.3, -0.25) is 4.79 Å². The fraction of sp³-hybridized carbons (Fsp3) is 0.125. The van der Waals surface area contributed by atoms with Crippen LogP contribution in [0.1, 0.15) is 6.92 Å². The van der Waals surface area contributed by atoms with Crippen LogP contribution in [0.25, 0.3) is 10.6 Å². The summed E-state index contributed by atoms with van der Waals surface area (Å²) >= 11 is 4.64. The first-order chi connectivity index (χ1) is 10.7. The van der Waals surface area contributed by atoms with Crippen LogP contribution in [0, 0.1) is 0 Å². The minimum atomic E-state index is -0.170. The van der Waals surface area contributed by atoms with Crippen molar-refractivity contribution in [1.29, 1.82) is 0 Å². The molecule has 3 rings (SSSR count). The zero-order valence-corrected chi connectivity index (χ0v) is 14.3. The topological polar surface area (TPSA) is 42.0 Å². The molecule has 22 heavy (non-hydrogen) atoms. The number of thiophene rings is 1. The van der Waals surface area contributed by atoms with Gasteiger partial charge in [-0.15, -0.1) is 34.4 Å². The molecule has 1 unspecified atom stereocenters. The van der Waals surface area contributed by atoms with Crippen LogP contribution in [-0.4, -0.2) is 16.1 Å². The number of aromatic nitrogens is 1. The molecule has 1 N–H and O–H groups in total. The zero-order valence-electron chi connectivity index (χ0n) is 11.9. The molecular formula is C16H14N2OS3. The quantitative estimate of drug-likeness (QED) is 0.662. The van der Waals surface area contributed by atoms with Crippen molar-refractivity contribution in [2.24, 2.45) is 0 Å². The summed E-state index contributed by atoms with van der Waals surface area (Å²) in [5.41, 5.74) is 0.915. The average molecular weight is 347 g/mol. The Kier molecular flexibility index (Phi) is 4.92. The maximum Gasteiger partial charge on any atom is 0.239 e. The van der Waals surface area contributed by atoms with E-state index in [0.717, 1.165) is 15.5 Å². The number of nitrogens with zero attached hydrogens (tertiary/aromatic N) is 1. The van der Waals surface area contributed by atoms with E-state index < -0.39 is 0 Å². The van der Waals surface area contributed by atoms with Crippen LogP contribution in [0.4, 0.5) is 5.13 Å². The Hall–Kier alpha value is -1.63. The van der Waals surface area contributed by atoms with Gasteiger partial charge in [-0.05, 0) is 30.5 Å². The molecule has 0 spiro atoms. The van der Waals surface area contributed by atoms with Crippen molar-refractivity contribution in [2.75, 3.05) is 5.32 Å². The third-order valence-electron chi connectivity index (χ3n) is 2.93. The molecular weight excluding hydrogens is 332 g/mol. The Morgan fingerprint density at radius 2 is 2.00 bits per heavy atom. The molecule has 3 aromatic rings. The molecule has 1 amide bonds. The second-order valence-corrected chi connectivity index (χ2v) is 7.80. The largest absolute Gasteiger partial charge is 0.301 e. The molecule has 6 heteroatoms. The molecule has 0 fully saturated rings. The molecule has 0 aliphatic heterocycles. The van der Waals surface area contributed by atoms with E-state index in [1.807, 2.05) is 60.1 Å². The fourth-order valence-electron chi connectivity index (χ4n) is 1.83. The summed E-state index contributed by atoms with van der Waals surface area (Å²) in [5, 5.41) is 7.36. The lowest BCUT2D eigenvalue weighted by Gasteiger charge is -2.10. The van der Waals surface area contributed by atoms with E-state index in [9.17, 15) is 4.79 Å². The monoisotopic (exact) mass is 346 g/mol. The number of rotatable bonds is 5. The van der Waals surface area contributed by atoms with Crippen molar-refractivity contribution in [3.63, 3.8) is 0 Å². The number of nitrogens with one attached hydrogen (secondary N) is 1. The molecule has 1 atom stereocenters. The Balaban J connectivity index is 1.62. The van der Waals surface area contributed by atoms with E-state index in [1.54, 1.807) is 23.1 Å². The van der Waals surface area contributed by atoms with Crippen molar-refractivity contribution < 1.29 is 4.79 Å². The van der Waals surface area contributed by atoms with Gasteiger partial charge in [-0.2, -0.15) is 0 Å². The van der Waals surface area contributed by atoms with E-state index in [4.69, 9.17) is 0 Å². The van der Waals surface area contributed by atoms with Crippen LogP contribution in [-0.2, 0) is 4.79 Å². The number of thiazole rings is 1. The van der Waals surface area contributed by atoms with Gasteiger partial charge in [0.2, 0.25) is 5.91 Å². The molecule has 2 heterocycles. The van der Waals surface area contributed by atoms with E-state index in [2.05, 4.69) is 10.3 Å². The van der Waals surface area contributed by atoms with Gasteiger partial charge < -0.3 is 5.32 Å². The molecule has 0 radical (unpaired) electrons. The third kappa shape index (κ3) is 3.76. The van der Waals surface area contributed by atoms with Gasteiger partial charge in [0, 0.05) is 10.3 Å². The molecule has 112 valence electrons. The van der Waals surface area contributed by atoms with Crippen molar-refractivity contribution in [3.05, 3.63) is 53.2 Å². The van der Waals surface area contributed by atoms with Crippen LogP contribution >= 0.6 is 34.4 Å². The minimum Gasteiger partial charge on any atom is -0.301 e. The molecule has 0 aliphatic rings. The Labute approximate surface area is 141 Å². The van der Waals surface area contributed by atoms with Crippen LogP contribution in [0.2, 0.25) is 0 Å². The molecule has 1 aromatic carbocycles. The Bertz CT molecular complexity index is 738. The first kappa shape index (κ1) is 15.3. The van der Waals surface area contributed by atoms with Gasteiger partial charge >= 0.3 is 0 Å². The van der Waals surface area contributed by atoms with Crippen LogP contribution in [0.15, 0.2) is 58.1 Å².